The van der Waals surface area contributed by atoms with Crippen molar-refractivity contribution in [2.45, 2.75) is 69.8 Å². The standard InChI is InChI=1S/C45H47ClFN11O5/c1-54(43(61)33-6-8-38(51-40(33)47)52-41-32-14-19-57(24-36(32)49-25-50-41)30-3-2-27(22-48)35(46)21-30)28-12-15-55(16-13-28)23-26-10-17-56(18-11-26)29-4-5-31-34(20-29)45(63)58(44(31)62)37-7-9-39(59)53-42(37)60/h2-6,8,20-21,25-26,28,37,44,62H,7,9-19,23-24H2,1H3,(H,53,59,60)(H,49,50,51,52). The molecule has 4 aromatic rings. The molecule has 5 aliphatic heterocycles. The van der Waals surface area contributed by atoms with E-state index in [0.29, 0.717) is 53.0 Å². The first-order valence-corrected chi connectivity index (χ1v) is 21.8. The van der Waals surface area contributed by atoms with Crippen LogP contribution in [0.2, 0.25) is 5.02 Å². The van der Waals surface area contributed by atoms with Crippen molar-refractivity contribution in [3.63, 3.8) is 0 Å². The fraction of sp³-hybridized carbons (Fsp3) is 0.422. The molecule has 0 bridgehead atoms. The molecular weight excluding hydrogens is 829 g/mol. The van der Waals surface area contributed by atoms with Crippen LogP contribution in [0.15, 0.2) is 54.9 Å². The summed E-state index contributed by atoms with van der Waals surface area (Å²) >= 11 is 6.28. The van der Waals surface area contributed by atoms with Gasteiger partial charge in [0.1, 0.15) is 30.1 Å². The Hall–Kier alpha value is -6.22. The number of imide groups is 1. The van der Waals surface area contributed by atoms with E-state index in [9.17, 15) is 29.5 Å². The summed E-state index contributed by atoms with van der Waals surface area (Å²) in [4.78, 5) is 73.8. The minimum Gasteiger partial charge on any atom is -0.371 e. The molecule has 18 heteroatoms. The second-order valence-corrected chi connectivity index (χ2v) is 17.4. The molecule has 326 valence electrons. The Morgan fingerprint density at radius 2 is 1.73 bits per heavy atom. The third-order valence-electron chi connectivity index (χ3n) is 13.3. The van der Waals surface area contributed by atoms with Crippen molar-refractivity contribution in [2.75, 3.05) is 61.4 Å². The number of carbonyl (C=O) groups is 4. The van der Waals surface area contributed by atoms with E-state index in [1.54, 1.807) is 42.3 Å². The summed E-state index contributed by atoms with van der Waals surface area (Å²) in [6, 6.07) is 15.0. The van der Waals surface area contributed by atoms with Gasteiger partial charge in [0.15, 0.2) is 6.23 Å². The molecule has 0 spiro atoms. The average molecular weight is 876 g/mol. The Bertz CT molecular complexity index is 2520. The highest BCUT2D eigenvalue weighted by Crippen LogP contribution is 2.38. The summed E-state index contributed by atoms with van der Waals surface area (Å²) in [5, 5.41) is 26.0. The van der Waals surface area contributed by atoms with Gasteiger partial charge in [-0.25, -0.2) is 15.0 Å². The Kier molecular flexibility index (Phi) is 11.7. The number of benzene rings is 2. The van der Waals surface area contributed by atoms with Crippen molar-refractivity contribution in [1.82, 2.24) is 35.0 Å². The molecule has 2 unspecified atom stereocenters. The molecule has 4 amide bonds. The molecular formula is C45H47ClFN11O5. The number of nitriles is 1. The number of aliphatic hydroxyl groups excluding tert-OH is 1. The van der Waals surface area contributed by atoms with Gasteiger partial charge in [0.2, 0.25) is 17.8 Å². The third kappa shape index (κ3) is 8.38. The predicted octanol–water partition coefficient (Wildman–Crippen LogP) is 4.55. The molecule has 7 heterocycles. The van der Waals surface area contributed by atoms with Gasteiger partial charge in [0.25, 0.3) is 11.8 Å². The fourth-order valence-corrected chi connectivity index (χ4v) is 9.87. The second-order valence-electron chi connectivity index (χ2n) is 17.0. The number of nitrogens with one attached hydrogen (secondary N) is 2. The van der Waals surface area contributed by atoms with Crippen molar-refractivity contribution in [3.8, 4) is 6.07 Å². The van der Waals surface area contributed by atoms with Gasteiger partial charge >= 0.3 is 0 Å². The van der Waals surface area contributed by atoms with E-state index in [4.69, 9.17) is 11.6 Å². The van der Waals surface area contributed by atoms with E-state index in [-0.39, 0.29) is 36.2 Å². The Balaban J connectivity index is 0.743. The number of amides is 4. The van der Waals surface area contributed by atoms with Crippen LogP contribution in [0.4, 0.5) is 27.4 Å². The number of aliphatic hydroxyl groups is 1. The number of pyridine rings is 1. The maximum absolute atomic E-state index is 15.5. The highest BCUT2D eigenvalue weighted by atomic mass is 35.5. The minimum absolute atomic E-state index is 0.0350. The van der Waals surface area contributed by atoms with E-state index >= 15 is 4.39 Å². The average Bonchev–Trinajstić information content (AvgIpc) is 3.54. The van der Waals surface area contributed by atoms with Gasteiger partial charge in [0, 0.05) is 86.8 Å². The SMILES string of the molecule is CN(C(=O)c1ccc(Nc2ncnc3c2CCN(c2ccc(C#N)c(Cl)c2)C3)nc1F)C1CCN(CC2CCN(c3ccc4c(c3)C(=O)N(C3CCC(=O)NC3=O)C4O)CC2)CC1. The van der Waals surface area contributed by atoms with E-state index < -0.39 is 35.9 Å². The molecule has 3 saturated heterocycles. The maximum atomic E-state index is 15.5. The Morgan fingerprint density at radius 1 is 0.968 bits per heavy atom. The highest BCUT2D eigenvalue weighted by molar-refractivity contribution is 6.32. The number of piperidine rings is 3. The van der Waals surface area contributed by atoms with E-state index in [1.807, 2.05) is 12.1 Å². The number of fused-ring (bicyclic) bond motifs is 2. The molecule has 2 aromatic carbocycles. The summed E-state index contributed by atoms with van der Waals surface area (Å²) in [6.45, 7) is 5.39. The number of hydrogen-bond donors (Lipinski definition) is 3. The zero-order chi connectivity index (χ0) is 43.9. The zero-order valence-electron chi connectivity index (χ0n) is 34.8. The number of hydrogen-bond acceptors (Lipinski definition) is 13. The van der Waals surface area contributed by atoms with Crippen molar-refractivity contribution < 1.29 is 28.7 Å². The number of likely N-dealkylation sites (tertiary alicyclic amines) is 1. The first kappa shape index (κ1) is 42.1. The molecule has 0 saturated carbocycles. The lowest BCUT2D eigenvalue weighted by atomic mass is 9.94. The monoisotopic (exact) mass is 875 g/mol. The number of nitrogens with zero attached hydrogens (tertiary/aromatic N) is 9. The number of aromatic nitrogens is 3. The lowest BCUT2D eigenvalue weighted by Gasteiger charge is -2.40. The van der Waals surface area contributed by atoms with Crippen molar-refractivity contribution in [3.05, 3.63) is 99.3 Å². The molecule has 0 radical (unpaired) electrons. The predicted molar refractivity (Wildman–Crippen MR) is 231 cm³/mol. The van der Waals surface area contributed by atoms with Gasteiger partial charge in [-0.15, -0.1) is 0 Å². The largest absolute Gasteiger partial charge is 0.371 e. The molecule has 0 aliphatic carbocycles. The van der Waals surface area contributed by atoms with E-state index in [2.05, 4.69) is 46.4 Å². The van der Waals surface area contributed by atoms with Gasteiger partial charge in [-0.1, -0.05) is 17.7 Å². The maximum Gasteiger partial charge on any atom is 0.258 e. The van der Waals surface area contributed by atoms with Crippen molar-refractivity contribution >= 4 is 58.2 Å². The minimum atomic E-state index is -1.24. The molecule has 5 aliphatic rings. The first-order valence-electron chi connectivity index (χ1n) is 21.4. The molecule has 9 rings (SSSR count). The topological polar surface area (TPSA) is 191 Å². The number of anilines is 4. The Labute approximate surface area is 368 Å². The number of carbonyl (C=O) groups excluding carboxylic acids is 4. The lowest BCUT2D eigenvalue weighted by Crippen LogP contribution is -2.53. The van der Waals surface area contributed by atoms with Crippen LogP contribution in [-0.2, 0) is 22.6 Å². The molecule has 63 heavy (non-hydrogen) atoms. The van der Waals surface area contributed by atoms with Crippen LogP contribution in [0.1, 0.15) is 87.9 Å². The van der Waals surface area contributed by atoms with Gasteiger partial charge in [-0.05, 0) is 86.9 Å². The van der Waals surface area contributed by atoms with Gasteiger partial charge in [-0.3, -0.25) is 29.4 Å². The smallest absolute Gasteiger partial charge is 0.258 e. The van der Waals surface area contributed by atoms with Crippen LogP contribution in [-0.4, -0.2) is 117 Å². The van der Waals surface area contributed by atoms with E-state index in [1.165, 1.54) is 17.3 Å². The quantitative estimate of drug-likeness (QED) is 0.157. The van der Waals surface area contributed by atoms with Crippen LogP contribution in [0.5, 0.6) is 0 Å². The third-order valence-corrected chi connectivity index (χ3v) is 13.6. The molecule has 2 atom stereocenters. The first-order chi connectivity index (χ1) is 30.4. The number of rotatable bonds is 9. The fourth-order valence-electron chi connectivity index (χ4n) is 9.65. The molecule has 3 N–H and O–H groups in total. The van der Waals surface area contributed by atoms with Gasteiger partial charge < -0.3 is 30.0 Å². The zero-order valence-corrected chi connectivity index (χ0v) is 35.5. The second kappa shape index (κ2) is 17.5. The van der Waals surface area contributed by atoms with Crippen LogP contribution in [0.25, 0.3) is 0 Å². The normalized spacial score (nSPS) is 20.9. The van der Waals surface area contributed by atoms with Gasteiger partial charge in [0.05, 0.1) is 28.4 Å². The summed E-state index contributed by atoms with van der Waals surface area (Å²) in [7, 11) is 1.73. The lowest BCUT2D eigenvalue weighted by molar-refractivity contribution is -0.139. The van der Waals surface area contributed by atoms with Crippen LogP contribution >= 0.6 is 11.6 Å². The summed E-state index contributed by atoms with van der Waals surface area (Å²) in [5.41, 5.74) is 4.65. The van der Waals surface area contributed by atoms with Crippen molar-refractivity contribution in [2.24, 2.45) is 5.92 Å². The van der Waals surface area contributed by atoms with Crippen LogP contribution in [0.3, 0.4) is 0 Å². The van der Waals surface area contributed by atoms with Crippen LogP contribution in [0, 0.1) is 23.2 Å². The number of halogens is 2. The molecule has 16 nitrogen and oxygen atoms in total. The summed E-state index contributed by atoms with van der Waals surface area (Å²) < 4.78 is 15.5. The molecule has 3 fully saturated rings. The summed E-state index contributed by atoms with van der Waals surface area (Å²) in [6.07, 6.45) is 4.60. The highest BCUT2D eigenvalue weighted by Gasteiger charge is 2.44. The summed E-state index contributed by atoms with van der Waals surface area (Å²) in [5.74, 6) is -1.38. The molecule has 2 aromatic heterocycles. The van der Waals surface area contributed by atoms with Gasteiger partial charge in [-0.2, -0.15) is 9.65 Å². The van der Waals surface area contributed by atoms with Crippen molar-refractivity contribution in [1.29, 1.82) is 5.26 Å². The van der Waals surface area contributed by atoms with Crippen LogP contribution < -0.4 is 20.4 Å². The van der Waals surface area contributed by atoms with E-state index in [0.717, 1.165) is 81.0 Å². The Morgan fingerprint density at radius 3 is 2.46 bits per heavy atom.